The van der Waals surface area contributed by atoms with E-state index in [2.05, 4.69) is 43.4 Å². The highest BCUT2D eigenvalue weighted by Crippen LogP contribution is 2.20. The molecule has 1 aromatic heterocycles. The topological polar surface area (TPSA) is 63.5 Å². The van der Waals surface area contributed by atoms with Crippen molar-refractivity contribution in [1.82, 2.24) is 20.4 Å². The molecule has 0 spiro atoms. The Labute approximate surface area is 158 Å². The number of aromatic nitrogens is 2. The second-order valence-electron chi connectivity index (χ2n) is 7.41. The molecule has 1 fully saturated rings. The molecule has 1 aliphatic rings. The molecule has 0 radical (unpaired) electrons. The summed E-state index contributed by atoms with van der Waals surface area (Å²) < 4.78 is 7.87. The Morgan fingerprint density at radius 2 is 2.08 bits per heavy atom. The first kappa shape index (κ1) is 20.7. The van der Waals surface area contributed by atoms with Gasteiger partial charge in [-0.15, -0.1) is 0 Å². The molecule has 1 unspecified atom stereocenters. The molecule has 2 rings (SSSR count). The van der Waals surface area contributed by atoms with Gasteiger partial charge < -0.3 is 15.4 Å². The predicted molar refractivity (Wildman–Crippen MR) is 108 cm³/mol. The van der Waals surface area contributed by atoms with Crippen molar-refractivity contribution in [2.75, 3.05) is 19.7 Å². The second-order valence-corrected chi connectivity index (χ2v) is 7.41. The summed E-state index contributed by atoms with van der Waals surface area (Å²) in [6, 6.07) is 0.295. The van der Waals surface area contributed by atoms with E-state index in [0.29, 0.717) is 12.1 Å². The van der Waals surface area contributed by atoms with Crippen molar-refractivity contribution >= 4 is 5.96 Å². The van der Waals surface area contributed by atoms with Crippen molar-refractivity contribution in [3.8, 4) is 0 Å². The molecule has 6 nitrogen and oxygen atoms in total. The highest BCUT2D eigenvalue weighted by molar-refractivity contribution is 5.80. The Balaban J connectivity index is 1.77. The number of rotatable bonds is 9. The summed E-state index contributed by atoms with van der Waals surface area (Å²) in [5.41, 5.74) is 3.68. The Morgan fingerprint density at radius 3 is 2.69 bits per heavy atom. The second kappa shape index (κ2) is 10.6. The highest BCUT2D eigenvalue weighted by atomic mass is 16.5. The van der Waals surface area contributed by atoms with Gasteiger partial charge in [0.2, 0.25) is 0 Å². The summed E-state index contributed by atoms with van der Waals surface area (Å²) >= 11 is 0. The number of aliphatic imine (C=N–C) groups is 1. The molecule has 1 aromatic rings. The zero-order chi connectivity index (χ0) is 18.9. The van der Waals surface area contributed by atoms with Crippen LogP contribution < -0.4 is 10.6 Å². The number of nitrogens with one attached hydrogen (secondary N) is 2. The minimum Gasteiger partial charge on any atom is -0.378 e. The van der Waals surface area contributed by atoms with E-state index in [1.54, 1.807) is 0 Å². The normalized spacial score (nSPS) is 16.9. The monoisotopic (exact) mass is 363 g/mol. The maximum absolute atomic E-state index is 5.91. The van der Waals surface area contributed by atoms with Crippen LogP contribution in [0.3, 0.4) is 0 Å². The van der Waals surface area contributed by atoms with Crippen molar-refractivity contribution in [2.45, 2.75) is 78.4 Å². The molecule has 1 atom stereocenters. The molecule has 6 heteroatoms. The number of aryl methyl sites for hydroxylation is 2. The zero-order valence-corrected chi connectivity index (χ0v) is 17.3. The molecule has 0 aliphatic heterocycles. The summed E-state index contributed by atoms with van der Waals surface area (Å²) in [7, 11) is 2.00. The van der Waals surface area contributed by atoms with Gasteiger partial charge in [-0.3, -0.25) is 9.67 Å². The van der Waals surface area contributed by atoms with Gasteiger partial charge in [0.1, 0.15) is 0 Å². The largest absolute Gasteiger partial charge is 0.378 e. The summed E-state index contributed by atoms with van der Waals surface area (Å²) in [6.45, 7) is 11.0. The average Bonchev–Trinajstić information content (AvgIpc) is 3.19. The molecule has 0 aromatic carbocycles. The summed E-state index contributed by atoms with van der Waals surface area (Å²) in [5, 5.41) is 11.4. The fourth-order valence-corrected chi connectivity index (χ4v) is 3.58. The molecule has 1 heterocycles. The zero-order valence-electron chi connectivity index (χ0n) is 17.3. The van der Waals surface area contributed by atoms with Crippen LogP contribution in [0.4, 0.5) is 0 Å². The van der Waals surface area contributed by atoms with Gasteiger partial charge in [-0.1, -0.05) is 12.8 Å². The molecular weight excluding hydrogens is 326 g/mol. The van der Waals surface area contributed by atoms with Crippen LogP contribution in [-0.2, 0) is 18.2 Å². The molecule has 0 amide bonds. The lowest BCUT2D eigenvalue weighted by Crippen LogP contribution is -2.43. The van der Waals surface area contributed by atoms with E-state index in [9.17, 15) is 0 Å². The standard InChI is InChI=1S/C20H37N5O/c1-6-21-20(22-12-9-13-26-18-10-7-8-11-18)23-15(2)14-19-16(3)24-25(5)17(19)4/h15,18H,6-14H2,1-5H3,(H2,21,22,23). The lowest BCUT2D eigenvalue weighted by atomic mass is 10.1. The number of ether oxygens (including phenoxy) is 1. The van der Waals surface area contributed by atoms with Crippen LogP contribution in [0.1, 0.15) is 62.9 Å². The summed E-state index contributed by atoms with van der Waals surface area (Å²) in [6.07, 6.45) is 7.53. The Morgan fingerprint density at radius 1 is 1.35 bits per heavy atom. The van der Waals surface area contributed by atoms with Crippen LogP contribution in [0.25, 0.3) is 0 Å². The van der Waals surface area contributed by atoms with Crippen molar-refractivity contribution in [3.05, 3.63) is 17.0 Å². The summed E-state index contributed by atoms with van der Waals surface area (Å²) in [5.74, 6) is 0.889. The van der Waals surface area contributed by atoms with Gasteiger partial charge >= 0.3 is 0 Å². The Kier molecular flexibility index (Phi) is 8.42. The molecule has 148 valence electrons. The van der Waals surface area contributed by atoms with Gasteiger partial charge in [-0.05, 0) is 58.9 Å². The third kappa shape index (κ3) is 6.31. The van der Waals surface area contributed by atoms with Gasteiger partial charge in [0, 0.05) is 38.5 Å². The summed E-state index contributed by atoms with van der Waals surface area (Å²) in [4.78, 5) is 4.70. The van der Waals surface area contributed by atoms with Crippen LogP contribution in [-0.4, -0.2) is 47.6 Å². The van der Waals surface area contributed by atoms with Gasteiger partial charge in [0.15, 0.2) is 5.96 Å². The van der Waals surface area contributed by atoms with Crippen LogP contribution in [0.5, 0.6) is 0 Å². The molecular formula is C20H37N5O. The van der Waals surface area contributed by atoms with E-state index < -0.39 is 0 Å². The highest BCUT2D eigenvalue weighted by Gasteiger charge is 2.15. The fourth-order valence-electron chi connectivity index (χ4n) is 3.58. The van der Waals surface area contributed by atoms with Crippen LogP contribution >= 0.6 is 0 Å². The van der Waals surface area contributed by atoms with Crippen LogP contribution in [0, 0.1) is 13.8 Å². The number of hydrogen-bond acceptors (Lipinski definition) is 3. The molecule has 0 bridgehead atoms. The van der Waals surface area contributed by atoms with E-state index in [1.165, 1.54) is 36.9 Å². The van der Waals surface area contributed by atoms with Gasteiger partial charge in [-0.25, -0.2) is 0 Å². The van der Waals surface area contributed by atoms with Crippen LogP contribution in [0.15, 0.2) is 4.99 Å². The maximum atomic E-state index is 5.91. The van der Waals surface area contributed by atoms with Gasteiger partial charge in [-0.2, -0.15) is 5.10 Å². The van der Waals surface area contributed by atoms with E-state index in [-0.39, 0.29) is 0 Å². The van der Waals surface area contributed by atoms with E-state index in [1.807, 2.05) is 11.7 Å². The average molecular weight is 364 g/mol. The Hall–Kier alpha value is -1.56. The fraction of sp³-hybridized carbons (Fsp3) is 0.800. The number of hydrogen-bond donors (Lipinski definition) is 2. The molecule has 1 aliphatic carbocycles. The smallest absolute Gasteiger partial charge is 0.191 e. The minimum absolute atomic E-state index is 0.295. The molecule has 0 saturated heterocycles. The first-order chi connectivity index (χ1) is 12.5. The Bertz CT molecular complexity index is 575. The lowest BCUT2D eigenvalue weighted by Gasteiger charge is -2.18. The van der Waals surface area contributed by atoms with Crippen molar-refractivity contribution in [1.29, 1.82) is 0 Å². The first-order valence-electron chi connectivity index (χ1n) is 10.2. The third-order valence-electron chi connectivity index (χ3n) is 5.12. The molecule has 1 saturated carbocycles. The minimum atomic E-state index is 0.295. The van der Waals surface area contributed by atoms with Crippen LogP contribution in [0.2, 0.25) is 0 Å². The SMILES string of the molecule is CCNC(=NCCCOC1CCCC1)NC(C)Cc1c(C)nn(C)c1C. The number of guanidine groups is 1. The van der Waals surface area contributed by atoms with E-state index in [4.69, 9.17) is 9.73 Å². The molecule has 2 N–H and O–H groups in total. The quantitative estimate of drug-likeness (QED) is 0.402. The predicted octanol–water partition coefficient (Wildman–Crippen LogP) is 2.87. The van der Waals surface area contributed by atoms with E-state index >= 15 is 0 Å². The van der Waals surface area contributed by atoms with Crippen molar-refractivity contribution in [3.63, 3.8) is 0 Å². The van der Waals surface area contributed by atoms with Crippen molar-refractivity contribution < 1.29 is 4.74 Å². The third-order valence-corrected chi connectivity index (χ3v) is 5.12. The maximum Gasteiger partial charge on any atom is 0.191 e. The first-order valence-corrected chi connectivity index (χ1v) is 10.2. The van der Waals surface area contributed by atoms with Gasteiger partial charge in [0.05, 0.1) is 11.8 Å². The van der Waals surface area contributed by atoms with Gasteiger partial charge in [0.25, 0.3) is 0 Å². The molecule has 26 heavy (non-hydrogen) atoms. The van der Waals surface area contributed by atoms with Crippen molar-refractivity contribution in [2.24, 2.45) is 12.0 Å². The van der Waals surface area contributed by atoms with E-state index in [0.717, 1.165) is 44.2 Å². The lowest BCUT2D eigenvalue weighted by molar-refractivity contribution is 0.0579. The number of nitrogens with zero attached hydrogens (tertiary/aromatic N) is 3.